The Balaban J connectivity index is 1.45. The van der Waals surface area contributed by atoms with Crippen molar-refractivity contribution in [1.29, 1.82) is 5.26 Å². The average Bonchev–Trinajstić information content (AvgIpc) is 3.45. The summed E-state index contributed by atoms with van der Waals surface area (Å²) in [6.45, 7) is 6.43. The maximum Gasteiger partial charge on any atom is 0.237 e. The number of likely N-dealkylation sites (tertiary alicyclic amines) is 1. The van der Waals surface area contributed by atoms with Gasteiger partial charge in [0.05, 0.1) is 24.6 Å². The van der Waals surface area contributed by atoms with Gasteiger partial charge in [0.2, 0.25) is 17.6 Å². The lowest BCUT2D eigenvalue weighted by molar-refractivity contribution is -0.130. The number of carbonyl (C=O) groups is 1. The first-order chi connectivity index (χ1) is 14.8. The number of rotatable bonds is 5. The van der Waals surface area contributed by atoms with Crippen molar-refractivity contribution in [3.63, 3.8) is 0 Å². The molecule has 1 amide bonds. The van der Waals surface area contributed by atoms with Gasteiger partial charge in [0.1, 0.15) is 12.2 Å². The summed E-state index contributed by atoms with van der Waals surface area (Å²) in [6, 6.07) is 5.04. The summed E-state index contributed by atoms with van der Waals surface area (Å²) in [7, 11) is 0. The van der Waals surface area contributed by atoms with Crippen LogP contribution >= 0.6 is 0 Å². The number of pyridine rings is 1. The molecule has 9 heteroatoms. The third-order valence-corrected chi connectivity index (χ3v) is 7.28. The second kappa shape index (κ2) is 8.00. The van der Waals surface area contributed by atoms with Gasteiger partial charge in [-0.1, -0.05) is 25.9 Å². The summed E-state index contributed by atoms with van der Waals surface area (Å²) in [5.41, 5.74) is 0.185. The monoisotopic (exact) mass is 426 g/mol. The Morgan fingerprint density at radius 2 is 2.13 bits per heavy atom. The summed E-state index contributed by atoms with van der Waals surface area (Å²) in [5, 5.41) is 16.7. The number of alkyl halides is 1. The van der Waals surface area contributed by atoms with Gasteiger partial charge >= 0.3 is 0 Å². The van der Waals surface area contributed by atoms with Crippen molar-refractivity contribution in [3.8, 4) is 17.5 Å². The Morgan fingerprint density at radius 1 is 1.39 bits per heavy atom. The van der Waals surface area contributed by atoms with E-state index in [1.807, 2.05) is 18.2 Å². The quantitative estimate of drug-likeness (QED) is 0.783. The number of aromatic nitrogens is 3. The van der Waals surface area contributed by atoms with Gasteiger partial charge in [-0.2, -0.15) is 10.2 Å². The topological polar surface area (TPSA) is 108 Å². The number of carbonyl (C=O) groups excluding carboxylic acids is 1. The van der Waals surface area contributed by atoms with E-state index in [2.05, 4.69) is 41.2 Å². The number of nitriles is 1. The van der Waals surface area contributed by atoms with E-state index in [1.54, 1.807) is 12.4 Å². The first-order valence-electron chi connectivity index (χ1n) is 10.6. The minimum Gasteiger partial charge on any atom is -0.338 e. The number of hydrogen-bond acceptors (Lipinski definition) is 7. The number of nitrogens with one attached hydrogen (secondary N) is 1. The summed E-state index contributed by atoms with van der Waals surface area (Å²) in [4.78, 5) is 22.6. The van der Waals surface area contributed by atoms with Gasteiger partial charge in [-0.05, 0) is 30.4 Å². The van der Waals surface area contributed by atoms with Crippen LogP contribution in [0.4, 0.5) is 4.39 Å². The van der Waals surface area contributed by atoms with Crippen molar-refractivity contribution in [2.24, 2.45) is 5.41 Å². The SMILES string of the molecule is CC1(C)[C@@H](NCC(=O)N2C[C@@H](F)C[C@H]2C#N)CC[C@@]1(C)c1nc(-c2ccncc2)no1. The second-order valence-electron chi connectivity index (χ2n) is 9.21. The van der Waals surface area contributed by atoms with Gasteiger partial charge in [-0.3, -0.25) is 9.78 Å². The molecule has 1 N–H and O–H groups in total. The van der Waals surface area contributed by atoms with E-state index in [0.29, 0.717) is 11.7 Å². The zero-order valence-electron chi connectivity index (χ0n) is 18.0. The first-order valence-corrected chi connectivity index (χ1v) is 10.6. The molecule has 8 nitrogen and oxygen atoms in total. The average molecular weight is 426 g/mol. The highest BCUT2D eigenvalue weighted by Crippen LogP contribution is 2.53. The Labute approximate surface area is 180 Å². The molecule has 0 aromatic carbocycles. The normalized spacial score (nSPS) is 29.8. The molecule has 2 aromatic heterocycles. The predicted octanol–water partition coefficient (Wildman–Crippen LogP) is 2.63. The maximum absolute atomic E-state index is 13.7. The van der Waals surface area contributed by atoms with E-state index in [1.165, 1.54) is 4.90 Å². The smallest absolute Gasteiger partial charge is 0.237 e. The van der Waals surface area contributed by atoms with E-state index >= 15 is 0 Å². The molecule has 1 aliphatic carbocycles. The number of hydrogen-bond donors (Lipinski definition) is 1. The molecule has 31 heavy (non-hydrogen) atoms. The van der Waals surface area contributed by atoms with Crippen molar-refractivity contribution in [1.82, 2.24) is 25.3 Å². The van der Waals surface area contributed by atoms with Crippen LogP contribution in [0.25, 0.3) is 11.4 Å². The molecule has 4 rings (SSSR count). The van der Waals surface area contributed by atoms with E-state index < -0.39 is 12.2 Å². The highest BCUT2D eigenvalue weighted by atomic mass is 19.1. The molecular formula is C22H27FN6O2. The molecule has 2 aromatic rings. The van der Waals surface area contributed by atoms with Crippen LogP contribution in [0.1, 0.15) is 45.9 Å². The molecule has 4 atom stereocenters. The Morgan fingerprint density at radius 3 is 2.84 bits per heavy atom. The predicted molar refractivity (Wildman–Crippen MR) is 110 cm³/mol. The van der Waals surface area contributed by atoms with Gasteiger partial charge in [-0.15, -0.1) is 0 Å². The summed E-state index contributed by atoms with van der Waals surface area (Å²) in [6.07, 6.45) is 3.98. The van der Waals surface area contributed by atoms with Crippen molar-refractivity contribution in [3.05, 3.63) is 30.4 Å². The number of amides is 1. The van der Waals surface area contributed by atoms with E-state index in [9.17, 15) is 14.4 Å². The highest BCUT2D eigenvalue weighted by molar-refractivity contribution is 5.79. The molecule has 0 radical (unpaired) electrons. The van der Waals surface area contributed by atoms with Crippen LogP contribution < -0.4 is 5.32 Å². The molecule has 164 valence electrons. The van der Waals surface area contributed by atoms with Crippen LogP contribution in [0, 0.1) is 16.7 Å². The number of nitrogens with zero attached hydrogens (tertiary/aromatic N) is 5. The minimum absolute atomic E-state index is 0.00964. The molecule has 1 saturated heterocycles. The van der Waals surface area contributed by atoms with Crippen molar-refractivity contribution in [2.75, 3.05) is 13.1 Å². The summed E-state index contributed by atoms with van der Waals surface area (Å²) < 4.78 is 19.3. The first kappa shape index (κ1) is 21.4. The van der Waals surface area contributed by atoms with Crippen LogP contribution in [0.5, 0.6) is 0 Å². The molecule has 2 fully saturated rings. The van der Waals surface area contributed by atoms with Crippen LogP contribution in [0.3, 0.4) is 0 Å². The standard InChI is InChI=1S/C22H27FN6O2/c1-21(2)17(26-12-18(30)29-13-15(23)10-16(29)11-24)4-7-22(21,3)20-27-19(28-31-20)14-5-8-25-9-6-14/h5-6,8-9,15-17,26H,4,7,10,12-13H2,1-3H3/t15-,16-,17-,22-/m0/s1. The zero-order chi connectivity index (χ0) is 22.2. The number of halogens is 1. The summed E-state index contributed by atoms with van der Waals surface area (Å²) in [5.74, 6) is 0.858. The third-order valence-electron chi connectivity index (χ3n) is 7.28. The minimum atomic E-state index is -1.13. The van der Waals surface area contributed by atoms with Gasteiger partial charge in [-0.25, -0.2) is 4.39 Å². The van der Waals surface area contributed by atoms with Crippen LogP contribution in [-0.4, -0.2) is 57.3 Å². The lowest BCUT2D eigenvalue weighted by Gasteiger charge is -2.39. The molecule has 0 spiro atoms. The highest BCUT2D eigenvalue weighted by Gasteiger charge is 2.55. The molecule has 1 aliphatic heterocycles. The van der Waals surface area contributed by atoms with Gasteiger partial charge in [0, 0.05) is 30.4 Å². The lowest BCUT2D eigenvalue weighted by Crippen LogP contribution is -2.50. The van der Waals surface area contributed by atoms with Crippen LogP contribution in [0.2, 0.25) is 0 Å². The Hall–Kier alpha value is -2.86. The van der Waals surface area contributed by atoms with Crippen molar-refractivity contribution >= 4 is 5.91 Å². The van der Waals surface area contributed by atoms with E-state index in [4.69, 9.17) is 4.52 Å². The van der Waals surface area contributed by atoms with Crippen LogP contribution in [0.15, 0.2) is 29.0 Å². The largest absolute Gasteiger partial charge is 0.338 e. The molecular weight excluding hydrogens is 399 g/mol. The molecule has 0 unspecified atom stereocenters. The fourth-order valence-corrected chi connectivity index (χ4v) is 4.80. The van der Waals surface area contributed by atoms with Gasteiger partial charge in [0.25, 0.3) is 0 Å². The van der Waals surface area contributed by atoms with Gasteiger partial charge < -0.3 is 14.7 Å². The maximum atomic E-state index is 13.7. The van der Waals surface area contributed by atoms with Crippen molar-refractivity contribution < 1.29 is 13.7 Å². The Kier molecular flexibility index (Phi) is 5.52. The Bertz CT molecular complexity index is 987. The molecule has 3 heterocycles. The second-order valence-corrected chi connectivity index (χ2v) is 9.21. The van der Waals surface area contributed by atoms with E-state index in [0.717, 1.165) is 18.4 Å². The van der Waals surface area contributed by atoms with Crippen molar-refractivity contribution in [2.45, 2.75) is 63.7 Å². The van der Waals surface area contributed by atoms with E-state index in [-0.39, 0.29) is 42.3 Å². The fraction of sp³-hybridized carbons (Fsp3) is 0.591. The summed E-state index contributed by atoms with van der Waals surface area (Å²) >= 11 is 0. The van der Waals surface area contributed by atoms with Crippen LogP contribution in [-0.2, 0) is 10.2 Å². The molecule has 1 saturated carbocycles. The zero-order valence-corrected chi connectivity index (χ0v) is 18.0. The third kappa shape index (κ3) is 3.69. The molecule has 2 aliphatic rings. The lowest BCUT2D eigenvalue weighted by atomic mass is 9.67. The molecule has 0 bridgehead atoms. The fourth-order valence-electron chi connectivity index (χ4n) is 4.80. The van der Waals surface area contributed by atoms with Gasteiger partial charge in [0.15, 0.2) is 0 Å².